The van der Waals surface area contributed by atoms with Crippen LogP contribution in [0.2, 0.25) is 0 Å². The predicted molar refractivity (Wildman–Crippen MR) is 60.2 cm³/mol. The minimum absolute atomic E-state index is 0.0991. The molecule has 0 aromatic rings. The van der Waals surface area contributed by atoms with Gasteiger partial charge in [0.1, 0.15) is 0 Å². The van der Waals surface area contributed by atoms with Crippen LogP contribution < -0.4 is 0 Å². The van der Waals surface area contributed by atoms with Crippen molar-refractivity contribution >= 4 is 5.97 Å². The molecule has 1 rings (SSSR count). The summed E-state index contributed by atoms with van der Waals surface area (Å²) in [6, 6.07) is 0. The van der Waals surface area contributed by atoms with Gasteiger partial charge in [-0.2, -0.15) is 0 Å². The van der Waals surface area contributed by atoms with Gasteiger partial charge in [-0.1, -0.05) is 19.8 Å². The van der Waals surface area contributed by atoms with E-state index in [0.717, 1.165) is 32.3 Å². The van der Waals surface area contributed by atoms with Crippen LogP contribution in [0.15, 0.2) is 0 Å². The number of ether oxygens (including phenoxy) is 3. The molecule has 94 valence electrons. The molecule has 1 aliphatic heterocycles. The number of carbonyl (C=O) groups excluding carboxylic acids is 1. The van der Waals surface area contributed by atoms with Crippen LogP contribution in [0.5, 0.6) is 0 Å². The van der Waals surface area contributed by atoms with Crippen molar-refractivity contribution in [2.75, 3.05) is 20.8 Å². The van der Waals surface area contributed by atoms with Gasteiger partial charge in [0.25, 0.3) is 0 Å². The third kappa shape index (κ3) is 4.49. The summed E-state index contributed by atoms with van der Waals surface area (Å²) in [6.45, 7) is 3.05. The first-order valence-electron chi connectivity index (χ1n) is 5.91. The van der Waals surface area contributed by atoms with E-state index < -0.39 is 0 Å². The van der Waals surface area contributed by atoms with Gasteiger partial charge < -0.3 is 14.2 Å². The monoisotopic (exact) mass is 230 g/mol. The summed E-state index contributed by atoms with van der Waals surface area (Å²) >= 11 is 0. The van der Waals surface area contributed by atoms with E-state index >= 15 is 0 Å². The molecule has 4 nitrogen and oxygen atoms in total. The SMILES string of the molecule is COCC[C@H](C)CCC[C@H]1O[C@@H]1C(=O)OC. The molecule has 1 saturated heterocycles. The first-order chi connectivity index (χ1) is 7.69. The van der Waals surface area contributed by atoms with Crippen LogP contribution in [0.25, 0.3) is 0 Å². The van der Waals surface area contributed by atoms with Gasteiger partial charge in [0.2, 0.25) is 0 Å². The molecule has 4 heteroatoms. The molecule has 0 spiro atoms. The normalized spacial score (nSPS) is 25.2. The zero-order valence-electron chi connectivity index (χ0n) is 10.4. The van der Waals surface area contributed by atoms with Gasteiger partial charge in [-0.25, -0.2) is 4.79 Å². The Morgan fingerprint density at radius 2 is 2.12 bits per heavy atom. The van der Waals surface area contributed by atoms with Gasteiger partial charge in [0.15, 0.2) is 6.10 Å². The van der Waals surface area contributed by atoms with Crippen LogP contribution in [-0.4, -0.2) is 39.0 Å². The zero-order valence-corrected chi connectivity index (χ0v) is 10.4. The maximum absolute atomic E-state index is 11.1. The average Bonchev–Trinajstić information content (AvgIpc) is 3.05. The van der Waals surface area contributed by atoms with E-state index in [0.29, 0.717) is 5.92 Å². The molecule has 1 fully saturated rings. The van der Waals surface area contributed by atoms with E-state index in [1.54, 1.807) is 7.11 Å². The van der Waals surface area contributed by atoms with Crippen LogP contribution in [0, 0.1) is 5.92 Å². The number of carbonyl (C=O) groups is 1. The Hall–Kier alpha value is -0.610. The minimum Gasteiger partial charge on any atom is -0.467 e. The van der Waals surface area contributed by atoms with Crippen molar-refractivity contribution in [2.24, 2.45) is 5.92 Å². The third-order valence-corrected chi connectivity index (χ3v) is 3.02. The molecule has 0 bridgehead atoms. The molecule has 0 aromatic carbocycles. The van der Waals surface area contributed by atoms with Gasteiger partial charge in [-0.3, -0.25) is 0 Å². The lowest BCUT2D eigenvalue weighted by molar-refractivity contribution is -0.142. The summed E-state index contributed by atoms with van der Waals surface area (Å²) in [5.74, 6) is 0.438. The Morgan fingerprint density at radius 3 is 2.75 bits per heavy atom. The smallest absolute Gasteiger partial charge is 0.337 e. The number of epoxide rings is 1. The second-order valence-corrected chi connectivity index (χ2v) is 4.44. The molecule has 0 N–H and O–H groups in total. The second kappa shape index (κ2) is 6.86. The molecule has 0 radical (unpaired) electrons. The number of hydrogen-bond acceptors (Lipinski definition) is 4. The third-order valence-electron chi connectivity index (χ3n) is 3.02. The molecule has 1 aliphatic rings. The van der Waals surface area contributed by atoms with E-state index in [4.69, 9.17) is 9.47 Å². The fourth-order valence-electron chi connectivity index (χ4n) is 1.82. The molecule has 3 atom stereocenters. The molecule has 0 aliphatic carbocycles. The Labute approximate surface area is 97.2 Å². The molecule has 0 saturated carbocycles. The van der Waals surface area contributed by atoms with Gasteiger partial charge in [-0.05, 0) is 18.8 Å². The van der Waals surface area contributed by atoms with Crippen molar-refractivity contribution in [1.29, 1.82) is 0 Å². The summed E-state index contributed by atoms with van der Waals surface area (Å²) in [4.78, 5) is 11.1. The summed E-state index contributed by atoms with van der Waals surface area (Å²) < 4.78 is 14.9. The molecule has 0 amide bonds. The summed E-state index contributed by atoms with van der Waals surface area (Å²) in [5.41, 5.74) is 0. The topological polar surface area (TPSA) is 48.1 Å². The molecule has 0 aromatic heterocycles. The van der Waals surface area contributed by atoms with Gasteiger partial charge in [0, 0.05) is 13.7 Å². The molecule has 0 unspecified atom stereocenters. The number of hydrogen-bond donors (Lipinski definition) is 0. The lowest BCUT2D eigenvalue weighted by atomic mass is 10.00. The fraction of sp³-hybridized carbons (Fsp3) is 0.917. The lowest BCUT2D eigenvalue weighted by Gasteiger charge is -2.09. The highest BCUT2D eigenvalue weighted by molar-refractivity contribution is 5.77. The van der Waals surface area contributed by atoms with Crippen LogP contribution in [0.4, 0.5) is 0 Å². The standard InChI is InChI=1S/C12H22O4/c1-9(7-8-14-2)5-4-6-10-11(16-10)12(13)15-3/h9-11H,4-8H2,1-3H3/t9-,10-,11+/m1/s1. The number of esters is 1. The quantitative estimate of drug-likeness (QED) is 0.471. The van der Waals surface area contributed by atoms with Crippen molar-refractivity contribution in [3.63, 3.8) is 0 Å². The van der Waals surface area contributed by atoms with Gasteiger partial charge >= 0.3 is 5.97 Å². The highest BCUT2D eigenvalue weighted by Gasteiger charge is 2.45. The van der Waals surface area contributed by atoms with Gasteiger partial charge in [-0.15, -0.1) is 0 Å². The second-order valence-electron chi connectivity index (χ2n) is 4.44. The fourth-order valence-corrected chi connectivity index (χ4v) is 1.82. The van der Waals surface area contributed by atoms with E-state index in [1.165, 1.54) is 7.11 Å². The highest BCUT2D eigenvalue weighted by atomic mass is 16.6. The van der Waals surface area contributed by atoms with Crippen molar-refractivity contribution < 1.29 is 19.0 Å². The van der Waals surface area contributed by atoms with E-state index in [2.05, 4.69) is 11.7 Å². The predicted octanol–water partition coefficient (Wildman–Crippen LogP) is 1.77. The van der Waals surface area contributed by atoms with Crippen LogP contribution in [0.1, 0.15) is 32.6 Å². The summed E-state index contributed by atoms with van der Waals surface area (Å²) in [7, 11) is 3.12. The lowest BCUT2D eigenvalue weighted by Crippen LogP contribution is -2.11. The summed E-state index contributed by atoms with van der Waals surface area (Å²) in [5, 5.41) is 0. The Kier molecular flexibility index (Phi) is 5.77. The summed E-state index contributed by atoms with van der Waals surface area (Å²) in [6.07, 6.45) is 4.13. The Balaban J connectivity index is 1.99. The molecular weight excluding hydrogens is 208 g/mol. The van der Waals surface area contributed by atoms with Crippen molar-refractivity contribution in [3.05, 3.63) is 0 Å². The van der Waals surface area contributed by atoms with Crippen molar-refractivity contribution in [1.82, 2.24) is 0 Å². The first kappa shape index (κ1) is 13.5. The van der Waals surface area contributed by atoms with Crippen LogP contribution in [-0.2, 0) is 19.0 Å². The zero-order chi connectivity index (χ0) is 12.0. The molecule has 16 heavy (non-hydrogen) atoms. The Bertz CT molecular complexity index is 217. The maximum atomic E-state index is 11.1. The largest absolute Gasteiger partial charge is 0.467 e. The number of rotatable bonds is 8. The highest BCUT2D eigenvalue weighted by Crippen LogP contribution is 2.29. The van der Waals surface area contributed by atoms with E-state index in [9.17, 15) is 4.79 Å². The average molecular weight is 230 g/mol. The van der Waals surface area contributed by atoms with E-state index in [1.807, 2.05) is 0 Å². The molecule has 1 heterocycles. The van der Waals surface area contributed by atoms with Crippen LogP contribution in [0.3, 0.4) is 0 Å². The first-order valence-corrected chi connectivity index (χ1v) is 5.91. The minimum atomic E-state index is -0.292. The van der Waals surface area contributed by atoms with Crippen molar-refractivity contribution in [3.8, 4) is 0 Å². The van der Waals surface area contributed by atoms with E-state index in [-0.39, 0.29) is 18.2 Å². The molecular formula is C12H22O4. The maximum Gasteiger partial charge on any atom is 0.337 e. The number of methoxy groups -OCH3 is 2. The van der Waals surface area contributed by atoms with Gasteiger partial charge in [0.05, 0.1) is 13.2 Å². The Morgan fingerprint density at radius 1 is 1.38 bits per heavy atom. The van der Waals surface area contributed by atoms with Crippen LogP contribution >= 0.6 is 0 Å². The van der Waals surface area contributed by atoms with Crippen molar-refractivity contribution in [2.45, 2.75) is 44.8 Å².